The Kier molecular flexibility index (Phi) is 7.17. The number of hydrogen-bond acceptors (Lipinski definition) is 2. The van der Waals surface area contributed by atoms with Crippen molar-refractivity contribution in [2.75, 3.05) is 4.90 Å². The predicted octanol–water partition coefficient (Wildman–Crippen LogP) is 14.6. The highest BCUT2D eigenvalue weighted by Crippen LogP contribution is 2.47. The lowest BCUT2D eigenvalue weighted by Gasteiger charge is -2.27. The second-order valence-electron chi connectivity index (χ2n) is 14.1. The first-order valence-corrected chi connectivity index (χ1v) is 18.8. The van der Waals surface area contributed by atoms with Crippen molar-refractivity contribution in [2.45, 2.75) is 0 Å². The maximum Gasteiger partial charge on any atom is 0.145 e. The van der Waals surface area contributed by atoms with Crippen molar-refractivity contribution in [3.05, 3.63) is 206 Å². The Morgan fingerprint density at radius 1 is 0.400 bits per heavy atom. The fraction of sp³-hybridized carbons (Fsp3) is 0. The van der Waals surface area contributed by atoms with Crippen molar-refractivity contribution < 1.29 is 4.42 Å². The van der Waals surface area contributed by atoms with E-state index < -0.39 is 0 Å². The summed E-state index contributed by atoms with van der Waals surface area (Å²) in [7, 11) is 0. The van der Waals surface area contributed by atoms with Gasteiger partial charge in [-0.15, -0.1) is 0 Å². The Balaban J connectivity index is 1.11. The maximum atomic E-state index is 6.87. The summed E-state index contributed by atoms with van der Waals surface area (Å²) in [5, 5.41) is 7.13. The first kappa shape index (κ1) is 31.2. The molecule has 0 saturated heterocycles. The lowest BCUT2D eigenvalue weighted by atomic mass is 9.98. The average Bonchev–Trinajstić information content (AvgIpc) is 3.81. The third-order valence-electron chi connectivity index (χ3n) is 10.9. The first-order chi connectivity index (χ1) is 27.3. The fourth-order valence-electron chi connectivity index (χ4n) is 8.44. The van der Waals surface area contributed by atoms with E-state index in [1.807, 2.05) is 0 Å². The summed E-state index contributed by atoms with van der Waals surface area (Å²) in [5.41, 5.74) is 12.9. The van der Waals surface area contributed by atoms with Gasteiger partial charge in [0.15, 0.2) is 0 Å². The lowest BCUT2D eigenvalue weighted by molar-refractivity contribution is 0.670. The van der Waals surface area contributed by atoms with Crippen LogP contribution in [0.1, 0.15) is 0 Å². The Bertz CT molecular complexity index is 3170. The van der Waals surface area contributed by atoms with Crippen LogP contribution in [0.4, 0.5) is 17.1 Å². The first-order valence-electron chi connectivity index (χ1n) is 18.8. The molecular formula is C52H34N2O. The summed E-state index contributed by atoms with van der Waals surface area (Å²) in [4.78, 5) is 2.37. The van der Waals surface area contributed by atoms with Crippen molar-refractivity contribution in [3.63, 3.8) is 0 Å². The van der Waals surface area contributed by atoms with Gasteiger partial charge in [-0.3, -0.25) is 0 Å². The number of fused-ring (bicyclic) bond motifs is 7. The average molecular weight is 703 g/mol. The van der Waals surface area contributed by atoms with E-state index in [0.29, 0.717) is 0 Å². The number of para-hydroxylation sites is 4. The standard InChI is InChI=1S/C52H34N2O/c1-2-18-40(19-3-1)53(41-20-12-16-37(33-41)38-29-28-35-14-4-5-15-36(35)32-38)49-31-30-43(52-51(49)46-24-8-11-27-50(46)55-52)39-17-13-21-42(34-39)54-47-25-9-6-22-44(47)45-23-7-10-26-48(45)54/h1-34H. The summed E-state index contributed by atoms with van der Waals surface area (Å²) in [5.74, 6) is 0. The van der Waals surface area contributed by atoms with Crippen LogP contribution in [0.15, 0.2) is 211 Å². The molecule has 3 heteroatoms. The number of aromatic nitrogens is 1. The smallest absolute Gasteiger partial charge is 0.145 e. The normalized spacial score (nSPS) is 11.6. The monoisotopic (exact) mass is 702 g/mol. The molecule has 0 unspecified atom stereocenters. The summed E-state index contributed by atoms with van der Waals surface area (Å²) in [6.07, 6.45) is 0. The number of nitrogens with zero attached hydrogens (tertiary/aromatic N) is 2. The van der Waals surface area contributed by atoms with Crippen molar-refractivity contribution in [1.82, 2.24) is 4.57 Å². The molecule has 0 aliphatic heterocycles. The highest BCUT2D eigenvalue weighted by atomic mass is 16.3. The van der Waals surface area contributed by atoms with E-state index in [9.17, 15) is 0 Å². The molecule has 2 aromatic heterocycles. The van der Waals surface area contributed by atoms with Crippen molar-refractivity contribution in [2.24, 2.45) is 0 Å². The molecule has 0 spiro atoms. The van der Waals surface area contributed by atoms with E-state index >= 15 is 0 Å². The second-order valence-corrected chi connectivity index (χ2v) is 14.1. The molecule has 3 nitrogen and oxygen atoms in total. The largest absolute Gasteiger partial charge is 0.455 e. The van der Waals surface area contributed by atoms with E-state index in [-0.39, 0.29) is 0 Å². The minimum atomic E-state index is 0.864. The lowest BCUT2D eigenvalue weighted by Crippen LogP contribution is -2.10. The maximum absolute atomic E-state index is 6.87. The molecule has 0 N–H and O–H groups in total. The second kappa shape index (κ2) is 12.6. The number of benzene rings is 9. The molecule has 0 atom stereocenters. The summed E-state index contributed by atoms with van der Waals surface area (Å²) in [6, 6.07) is 73.8. The van der Waals surface area contributed by atoms with Crippen LogP contribution in [0.5, 0.6) is 0 Å². The van der Waals surface area contributed by atoms with E-state index in [4.69, 9.17) is 4.42 Å². The van der Waals surface area contributed by atoms with Crippen LogP contribution in [-0.4, -0.2) is 4.57 Å². The quantitative estimate of drug-likeness (QED) is 0.172. The van der Waals surface area contributed by atoms with E-state index in [2.05, 4.69) is 216 Å². The van der Waals surface area contributed by atoms with Gasteiger partial charge >= 0.3 is 0 Å². The minimum Gasteiger partial charge on any atom is -0.455 e. The molecule has 0 saturated carbocycles. The highest BCUT2D eigenvalue weighted by Gasteiger charge is 2.23. The summed E-state index contributed by atoms with van der Waals surface area (Å²) < 4.78 is 9.25. The zero-order valence-corrected chi connectivity index (χ0v) is 29.9. The van der Waals surface area contributed by atoms with Gasteiger partial charge in [0.25, 0.3) is 0 Å². The van der Waals surface area contributed by atoms with Crippen LogP contribution >= 0.6 is 0 Å². The van der Waals surface area contributed by atoms with Crippen molar-refractivity contribution in [1.29, 1.82) is 0 Å². The summed E-state index contributed by atoms with van der Waals surface area (Å²) in [6.45, 7) is 0. The van der Waals surface area contributed by atoms with Gasteiger partial charge in [0.1, 0.15) is 11.2 Å². The SMILES string of the molecule is c1ccc(N(c2cccc(-c3ccc4ccccc4c3)c2)c2ccc(-c3cccc(-n4c5ccccc5c5ccccc54)c3)c3oc4ccccc4c23)cc1. The molecule has 0 radical (unpaired) electrons. The van der Waals surface area contributed by atoms with Crippen molar-refractivity contribution in [3.8, 4) is 27.9 Å². The van der Waals surface area contributed by atoms with Gasteiger partial charge in [0.2, 0.25) is 0 Å². The number of hydrogen-bond donors (Lipinski definition) is 0. The van der Waals surface area contributed by atoms with Gasteiger partial charge in [-0.25, -0.2) is 0 Å². The van der Waals surface area contributed by atoms with Gasteiger partial charge in [-0.2, -0.15) is 0 Å². The zero-order valence-electron chi connectivity index (χ0n) is 29.9. The van der Waals surface area contributed by atoms with E-state index in [0.717, 1.165) is 61.4 Å². The van der Waals surface area contributed by atoms with Crippen LogP contribution < -0.4 is 4.90 Å². The van der Waals surface area contributed by atoms with Crippen LogP contribution in [0, 0.1) is 0 Å². The van der Waals surface area contributed by atoms with Gasteiger partial charge < -0.3 is 13.9 Å². The third-order valence-corrected chi connectivity index (χ3v) is 10.9. The zero-order chi connectivity index (χ0) is 36.3. The van der Waals surface area contributed by atoms with Gasteiger partial charge in [0, 0.05) is 38.8 Å². The van der Waals surface area contributed by atoms with Crippen molar-refractivity contribution >= 4 is 71.6 Å². The van der Waals surface area contributed by atoms with Crippen LogP contribution in [-0.2, 0) is 0 Å². The predicted molar refractivity (Wildman–Crippen MR) is 231 cm³/mol. The Morgan fingerprint density at radius 3 is 1.85 bits per heavy atom. The topological polar surface area (TPSA) is 21.3 Å². The molecule has 0 bridgehead atoms. The molecule has 55 heavy (non-hydrogen) atoms. The van der Waals surface area contributed by atoms with E-state index in [1.54, 1.807) is 0 Å². The molecule has 258 valence electrons. The Labute approximate surface area is 318 Å². The third kappa shape index (κ3) is 5.13. The van der Waals surface area contributed by atoms with Crippen LogP contribution in [0.3, 0.4) is 0 Å². The van der Waals surface area contributed by atoms with Crippen LogP contribution in [0.25, 0.3) is 82.5 Å². The Hall–Kier alpha value is -7.36. The molecule has 0 aliphatic rings. The minimum absolute atomic E-state index is 0.864. The number of anilines is 3. The van der Waals surface area contributed by atoms with Crippen LogP contribution in [0.2, 0.25) is 0 Å². The highest BCUT2D eigenvalue weighted by molar-refractivity contribution is 6.17. The molecule has 11 rings (SSSR count). The fourth-order valence-corrected chi connectivity index (χ4v) is 8.44. The summed E-state index contributed by atoms with van der Waals surface area (Å²) >= 11 is 0. The Morgan fingerprint density at radius 2 is 1.04 bits per heavy atom. The molecule has 0 aliphatic carbocycles. The molecule has 9 aromatic carbocycles. The van der Waals surface area contributed by atoms with Gasteiger partial charge in [-0.05, 0) is 100 Å². The van der Waals surface area contributed by atoms with Gasteiger partial charge in [-0.1, -0.05) is 133 Å². The van der Waals surface area contributed by atoms with Gasteiger partial charge in [0.05, 0.1) is 22.1 Å². The molecule has 0 amide bonds. The molecule has 2 heterocycles. The van der Waals surface area contributed by atoms with E-state index in [1.165, 1.54) is 38.1 Å². The molecule has 0 fully saturated rings. The number of furan rings is 1. The molecule has 11 aromatic rings. The molecular weight excluding hydrogens is 669 g/mol. The number of rotatable bonds is 6.